The van der Waals surface area contributed by atoms with Gasteiger partial charge < -0.3 is 19.6 Å². The molecular weight excluding hydrogens is 476 g/mol. The molecule has 0 amide bonds. The minimum atomic E-state index is -3.32. The van der Waals surface area contributed by atoms with Crippen molar-refractivity contribution in [1.29, 1.82) is 0 Å². The van der Waals surface area contributed by atoms with E-state index in [1.54, 1.807) is 6.07 Å². The number of rotatable bonds is 3. The maximum Gasteiger partial charge on any atom is 0.335 e. The van der Waals surface area contributed by atoms with E-state index < -0.39 is 71.1 Å². The van der Waals surface area contributed by atoms with E-state index in [1.165, 1.54) is 48.5 Å². The Bertz CT molecular complexity index is 1960. The van der Waals surface area contributed by atoms with Gasteiger partial charge in [-0.05, 0) is 94.5 Å². The van der Waals surface area contributed by atoms with Crippen molar-refractivity contribution < 1.29 is 36.6 Å². The maximum absolute atomic E-state index is 12.2. The lowest BCUT2D eigenvalue weighted by Gasteiger charge is -2.45. The maximum atomic E-state index is 12.2. The van der Waals surface area contributed by atoms with Crippen LogP contribution in [0.1, 0.15) is 80.0 Å². The summed E-state index contributed by atoms with van der Waals surface area (Å²) < 4.78 is 143. The molecule has 37 heavy (non-hydrogen) atoms. The predicted molar refractivity (Wildman–Crippen MR) is 151 cm³/mol. The lowest BCUT2D eigenvalue weighted by atomic mass is 9.78. The second kappa shape index (κ2) is 8.20. The summed E-state index contributed by atoms with van der Waals surface area (Å²) in [7, 11) is -3.29. The van der Waals surface area contributed by atoms with E-state index in [4.69, 9.17) is 26.7 Å². The predicted octanol–water partition coefficient (Wildman–Crippen LogP) is 4.54. The van der Waals surface area contributed by atoms with Gasteiger partial charge in [0.1, 0.15) is 13.7 Å². The molecule has 5 nitrogen and oxygen atoms in total. The Morgan fingerprint density at radius 1 is 0.838 bits per heavy atom. The second-order valence-corrected chi connectivity index (χ2v) is 14.2. The summed E-state index contributed by atoms with van der Waals surface area (Å²) in [6.45, 7) is -9.12. The van der Waals surface area contributed by atoms with Crippen LogP contribution in [0.5, 0.6) is 0 Å². The molecule has 0 saturated carbocycles. The first kappa shape index (κ1) is 11.7. The summed E-state index contributed by atoms with van der Waals surface area (Å²) in [6, 6.07) is 13.1. The number of hydrogen-bond acceptors (Lipinski definition) is 4. The van der Waals surface area contributed by atoms with Gasteiger partial charge in [0.25, 0.3) is 0 Å². The summed E-state index contributed by atoms with van der Waals surface area (Å²) >= 11 is 0. The van der Waals surface area contributed by atoms with E-state index in [1.807, 2.05) is 13.1 Å². The zero-order chi connectivity index (χ0) is 39.7. The Morgan fingerprint density at radius 3 is 1.89 bits per heavy atom. The zero-order valence-corrected chi connectivity index (χ0v) is 21.1. The van der Waals surface area contributed by atoms with E-state index in [-0.39, 0.29) is 23.5 Å². The Kier molecular flexibility index (Phi) is 2.60. The molecule has 0 unspecified atom stereocenters. The van der Waals surface area contributed by atoms with Gasteiger partial charge in [0, 0.05) is 59.3 Å². The van der Waals surface area contributed by atoms with E-state index in [0.29, 0.717) is 42.4 Å². The highest BCUT2D eigenvalue weighted by molar-refractivity contribution is 7.01. The molecule has 3 aromatic rings. The van der Waals surface area contributed by atoms with Crippen LogP contribution in [0.2, 0.25) is 13.1 Å². The Morgan fingerprint density at radius 2 is 1.38 bits per heavy atom. The number of benzene rings is 3. The van der Waals surface area contributed by atoms with Crippen LogP contribution < -0.4 is 20.2 Å². The van der Waals surface area contributed by atoms with Gasteiger partial charge in [-0.2, -0.15) is 0 Å². The van der Waals surface area contributed by atoms with E-state index in [2.05, 4.69) is 0 Å². The largest absolute Gasteiger partial charge is 0.478 e. The molecule has 0 radical (unpaired) electrons. The molecule has 190 valence electrons. The van der Waals surface area contributed by atoms with Gasteiger partial charge in [-0.25, -0.2) is 4.79 Å². The van der Waals surface area contributed by atoms with Crippen LogP contribution in [-0.2, 0) is 16.9 Å². The highest BCUT2D eigenvalue weighted by Gasteiger charge is 2.53. The number of ether oxygens (including phenoxy) is 1. The molecule has 4 heterocycles. The Balaban J connectivity index is 1.53. The molecule has 0 bridgehead atoms. The third-order valence-corrected chi connectivity index (χ3v) is 11.1. The summed E-state index contributed by atoms with van der Waals surface area (Å²) in [4.78, 5) is 13.1. The number of nitrogens with zero attached hydrogens (tertiary/aromatic N) is 2. The van der Waals surface area contributed by atoms with Crippen LogP contribution in [0.15, 0.2) is 54.6 Å². The van der Waals surface area contributed by atoms with Crippen LogP contribution in [0.3, 0.4) is 0 Å². The smallest absolute Gasteiger partial charge is 0.335 e. The minimum absolute atomic E-state index is 0.00508. The fourth-order valence-electron chi connectivity index (χ4n) is 5.80. The molecule has 6 heteroatoms. The average molecular weight is 527 g/mol. The second-order valence-electron chi connectivity index (χ2n) is 9.85. The molecule has 4 aliphatic heterocycles. The van der Waals surface area contributed by atoms with Gasteiger partial charge >= 0.3 is 5.97 Å². The van der Waals surface area contributed by atoms with Crippen molar-refractivity contribution in [2.75, 3.05) is 35.8 Å². The molecule has 3 aromatic carbocycles. The van der Waals surface area contributed by atoms with E-state index >= 15 is 0 Å². The van der Waals surface area contributed by atoms with Crippen molar-refractivity contribution in [3.63, 3.8) is 0 Å². The molecule has 0 aromatic heterocycles. The number of carboxylic acid groups (broad SMARTS) is 1. The number of anilines is 2. The number of fused-ring (bicyclic) bond motifs is 6. The number of carboxylic acids is 1. The first-order chi connectivity index (χ1) is 23.9. The van der Waals surface area contributed by atoms with Crippen molar-refractivity contribution in [2.45, 2.75) is 50.8 Å². The molecule has 0 aliphatic carbocycles. The monoisotopic (exact) mass is 526 g/mol. The van der Waals surface area contributed by atoms with Gasteiger partial charge in [0.05, 0.1) is 12.2 Å². The molecule has 1 spiro atoms. The van der Waals surface area contributed by atoms with Gasteiger partial charge in [0.2, 0.25) is 0 Å². The Labute approximate surface area is 242 Å². The Hall–Kier alpha value is -3.09. The lowest BCUT2D eigenvalue weighted by Crippen LogP contribution is -2.63. The SMILES string of the molecule is [2H]C1([2H])N(c2ccc3c(c2)[Si](C)(C)c2cc(N4C([2H])([2H])C([2H])([2H])C([2H])([2H])C4([2H])[2H])ccc2C32OCc3ccc(C(=O)O)cc32)C([2H])([2H])C([2H])([2H])C1([2H])[2H]. The van der Waals surface area contributed by atoms with Crippen LogP contribution >= 0.6 is 0 Å². The fraction of sp³-hybridized carbons (Fsp3) is 0.387. The molecule has 1 N–H and O–H groups in total. The van der Waals surface area contributed by atoms with Crippen molar-refractivity contribution >= 4 is 35.8 Å². The highest BCUT2D eigenvalue weighted by Crippen LogP contribution is 2.49. The highest BCUT2D eigenvalue weighted by atomic mass is 28.3. The standard InChI is InChI=1S/C31H34N2O3Si/c1-37(2)28-18-23(32-13-3-4-14-32)9-11-25(28)31(27-17-21(30(34)35)7-8-22(27)20-36-31)26-12-10-24(19-29(26)37)33-15-5-6-16-33/h7-12,17-19H,3-6,13-16,20H2,1-2H3,(H,34,35)/i3D2,4D2,5D2,6D2,13D2,14D2,15D2,16D2. The van der Waals surface area contributed by atoms with E-state index in [0.717, 1.165) is 0 Å². The van der Waals surface area contributed by atoms with Crippen molar-refractivity contribution in [3.05, 3.63) is 82.4 Å². The first-order valence-electron chi connectivity index (χ1n) is 19.8. The summed E-state index contributed by atoms with van der Waals surface area (Å²) in [6.07, 6.45) is -13.3. The average Bonchev–Trinajstić information content (AvgIpc) is 3.47. The van der Waals surface area contributed by atoms with Crippen molar-refractivity contribution in [3.8, 4) is 0 Å². The zero-order valence-electron chi connectivity index (χ0n) is 36.1. The summed E-state index contributed by atoms with van der Waals surface area (Å²) in [5, 5.41) is 10.8. The first-order valence-corrected chi connectivity index (χ1v) is 14.8. The van der Waals surface area contributed by atoms with Crippen molar-refractivity contribution in [2.24, 2.45) is 0 Å². The minimum Gasteiger partial charge on any atom is -0.478 e. The molecule has 7 rings (SSSR count). The fourth-order valence-corrected chi connectivity index (χ4v) is 8.98. The molecular formula is C31H34N2O3Si. The van der Waals surface area contributed by atoms with Crippen LogP contribution in [0.4, 0.5) is 11.4 Å². The number of carbonyl (C=O) groups is 1. The van der Waals surface area contributed by atoms with Crippen LogP contribution in [-0.4, -0.2) is 45.1 Å². The van der Waals surface area contributed by atoms with Gasteiger partial charge in [-0.1, -0.05) is 31.3 Å². The van der Waals surface area contributed by atoms with Gasteiger partial charge in [-0.3, -0.25) is 0 Å². The molecule has 4 aliphatic rings. The van der Waals surface area contributed by atoms with Crippen LogP contribution in [0.25, 0.3) is 0 Å². The molecule has 0 atom stereocenters. The lowest BCUT2D eigenvalue weighted by molar-refractivity contribution is 0.0276. The third-order valence-electron chi connectivity index (χ3n) is 7.60. The third kappa shape index (κ3) is 3.28. The quantitative estimate of drug-likeness (QED) is 0.508. The van der Waals surface area contributed by atoms with E-state index in [9.17, 15) is 9.90 Å². The van der Waals surface area contributed by atoms with Gasteiger partial charge in [0.15, 0.2) is 0 Å². The summed E-state index contributed by atoms with van der Waals surface area (Å²) in [5.74, 6) is -1.23. The topological polar surface area (TPSA) is 53.0 Å². The molecule has 2 fully saturated rings. The van der Waals surface area contributed by atoms with Crippen LogP contribution in [0, 0.1) is 0 Å². The molecule has 2 saturated heterocycles. The van der Waals surface area contributed by atoms with Gasteiger partial charge in [-0.15, -0.1) is 0 Å². The number of aromatic carboxylic acids is 1. The number of hydrogen-bond donors (Lipinski definition) is 1. The van der Waals surface area contributed by atoms with Crippen molar-refractivity contribution in [1.82, 2.24) is 0 Å². The normalized spacial score (nSPS) is 38.0. The summed E-state index contributed by atoms with van der Waals surface area (Å²) in [5.41, 5.74) is -0.0966.